The summed E-state index contributed by atoms with van der Waals surface area (Å²) in [4.78, 5) is 12.6. The second kappa shape index (κ2) is 12.0. The van der Waals surface area contributed by atoms with E-state index < -0.39 is 13.9 Å². The molecule has 0 bridgehead atoms. The summed E-state index contributed by atoms with van der Waals surface area (Å²) in [5.74, 6) is 0.0619. The van der Waals surface area contributed by atoms with Crippen molar-refractivity contribution in [2.75, 3.05) is 0 Å². The molecule has 0 aromatic heterocycles. The van der Waals surface area contributed by atoms with E-state index in [2.05, 4.69) is 127 Å². The molecule has 1 aliphatic carbocycles. The van der Waals surface area contributed by atoms with Crippen molar-refractivity contribution < 1.29 is 14.0 Å². The van der Waals surface area contributed by atoms with E-state index >= 15 is 0 Å². The average Bonchev–Trinajstić information content (AvgIpc) is 3.40. The second-order valence-corrected chi connectivity index (χ2v) is 18.1. The zero-order valence-corrected chi connectivity index (χ0v) is 26.9. The first kappa shape index (κ1) is 31.1. The number of ether oxygens (including phenoxy) is 1. The third kappa shape index (κ3) is 7.40. The molecule has 39 heavy (non-hydrogen) atoms. The van der Waals surface area contributed by atoms with Gasteiger partial charge in [0, 0.05) is 6.10 Å². The van der Waals surface area contributed by atoms with Crippen LogP contribution in [0.25, 0.3) is 0 Å². The van der Waals surface area contributed by atoms with Crippen LogP contribution in [-0.2, 0) is 14.0 Å². The monoisotopic (exact) mass is 546 g/mol. The largest absolute Gasteiger partial charge is 0.460 e. The zero-order valence-electron chi connectivity index (χ0n) is 25.9. The van der Waals surface area contributed by atoms with Crippen LogP contribution in [0.5, 0.6) is 0 Å². The van der Waals surface area contributed by atoms with Gasteiger partial charge in [0.1, 0.15) is 5.60 Å². The highest BCUT2D eigenvalue weighted by atomic mass is 28.4. The van der Waals surface area contributed by atoms with Crippen LogP contribution in [0.15, 0.2) is 84.5 Å². The number of esters is 1. The first-order chi connectivity index (χ1) is 18.1. The van der Waals surface area contributed by atoms with E-state index in [1.807, 2.05) is 20.8 Å². The van der Waals surface area contributed by atoms with Crippen LogP contribution < -0.4 is 10.4 Å². The molecule has 1 saturated carbocycles. The van der Waals surface area contributed by atoms with Gasteiger partial charge in [-0.05, 0) is 74.2 Å². The van der Waals surface area contributed by atoms with Gasteiger partial charge in [-0.3, -0.25) is 4.79 Å². The predicted octanol–water partition coefficient (Wildman–Crippen LogP) is 7.85. The highest BCUT2D eigenvalue weighted by Gasteiger charge is 2.61. The SMILES string of the molecule is CC(/C=C/[C@@H]1[C@@H](C(=O)OC(C)(C)C)C1(C)C)=C\CCC(C)O[Si](c1ccccc1)(c1ccccc1)C(C)(C)C. The smallest absolute Gasteiger partial charge is 0.310 e. The van der Waals surface area contributed by atoms with E-state index in [1.165, 1.54) is 15.9 Å². The summed E-state index contributed by atoms with van der Waals surface area (Å²) in [6.07, 6.45) is 8.67. The molecular formula is C35H50O3Si. The summed E-state index contributed by atoms with van der Waals surface area (Å²) in [7, 11) is -2.54. The highest BCUT2D eigenvalue weighted by molar-refractivity contribution is 6.99. The Morgan fingerprint density at radius 3 is 1.92 bits per heavy atom. The number of benzene rings is 2. The molecule has 1 unspecified atom stereocenters. The lowest BCUT2D eigenvalue weighted by molar-refractivity contribution is -0.157. The number of carbonyl (C=O) groups excluding carboxylic acids is 1. The van der Waals surface area contributed by atoms with Gasteiger partial charge in [-0.25, -0.2) is 0 Å². The minimum atomic E-state index is -2.54. The second-order valence-electron chi connectivity index (χ2n) is 13.8. The van der Waals surface area contributed by atoms with Gasteiger partial charge in [0.25, 0.3) is 8.32 Å². The number of allylic oxidation sites excluding steroid dienone is 4. The number of carbonyl (C=O) groups is 1. The van der Waals surface area contributed by atoms with E-state index in [4.69, 9.17) is 9.16 Å². The van der Waals surface area contributed by atoms with Crippen molar-refractivity contribution in [1.29, 1.82) is 0 Å². The highest BCUT2D eigenvalue weighted by Crippen LogP contribution is 2.59. The predicted molar refractivity (Wildman–Crippen MR) is 167 cm³/mol. The maximum Gasteiger partial charge on any atom is 0.310 e. The van der Waals surface area contributed by atoms with Gasteiger partial charge < -0.3 is 9.16 Å². The Kier molecular flexibility index (Phi) is 9.55. The summed E-state index contributed by atoms with van der Waals surface area (Å²) in [6, 6.07) is 21.7. The first-order valence-electron chi connectivity index (χ1n) is 14.5. The van der Waals surface area contributed by atoms with Crippen molar-refractivity contribution >= 4 is 24.7 Å². The first-order valence-corrected chi connectivity index (χ1v) is 16.4. The molecule has 0 N–H and O–H groups in total. The van der Waals surface area contributed by atoms with Crippen molar-refractivity contribution in [3.8, 4) is 0 Å². The van der Waals surface area contributed by atoms with Crippen LogP contribution >= 0.6 is 0 Å². The molecule has 0 spiro atoms. The molecule has 0 amide bonds. The Bertz CT molecular complexity index is 1110. The number of hydrogen-bond donors (Lipinski definition) is 0. The summed E-state index contributed by atoms with van der Waals surface area (Å²) < 4.78 is 12.9. The van der Waals surface area contributed by atoms with E-state index in [0.29, 0.717) is 0 Å². The van der Waals surface area contributed by atoms with Crippen LogP contribution in [0.4, 0.5) is 0 Å². The fourth-order valence-electron chi connectivity index (χ4n) is 5.77. The quantitative estimate of drug-likeness (QED) is 0.173. The molecule has 3 nitrogen and oxygen atoms in total. The Hall–Kier alpha value is -2.43. The maximum absolute atomic E-state index is 12.6. The van der Waals surface area contributed by atoms with E-state index in [-0.39, 0.29) is 34.4 Å². The van der Waals surface area contributed by atoms with Gasteiger partial charge in [-0.1, -0.05) is 119 Å². The molecule has 0 saturated heterocycles. The van der Waals surface area contributed by atoms with Crippen molar-refractivity contribution in [3.05, 3.63) is 84.5 Å². The molecule has 212 valence electrons. The Labute approximate surface area is 238 Å². The van der Waals surface area contributed by atoms with Gasteiger partial charge in [-0.15, -0.1) is 0 Å². The van der Waals surface area contributed by atoms with E-state index in [9.17, 15) is 4.79 Å². The fraction of sp³-hybridized carbons (Fsp3) is 0.514. The number of hydrogen-bond acceptors (Lipinski definition) is 3. The number of rotatable bonds is 10. The lowest BCUT2D eigenvalue weighted by atomic mass is 10.1. The van der Waals surface area contributed by atoms with E-state index in [1.54, 1.807) is 0 Å². The fourth-order valence-corrected chi connectivity index (χ4v) is 10.5. The lowest BCUT2D eigenvalue weighted by Crippen LogP contribution is -2.67. The van der Waals surface area contributed by atoms with Gasteiger partial charge in [-0.2, -0.15) is 0 Å². The topological polar surface area (TPSA) is 35.5 Å². The molecule has 0 heterocycles. The third-order valence-electron chi connectivity index (χ3n) is 7.97. The Morgan fingerprint density at radius 1 is 0.949 bits per heavy atom. The molecule has 3 atom stereocenters. The van der Waals surface area contributed by atoms with Crippen LogP contribution in [0, 0.1) is 17.3 Å². The van der Waals surface area contributed by atoms with Crippen LogP contribution in [0.2, 0.25) is 5.04 Å². The maximum atomic E-state index is 12.6. The van der Waals surface area contributed by atoms with Crippen molar-refractivity contribution in [3.63, 3.8) is 0 Å². The minimum absolute atomic E-state index is 0.0276. The van der Waals surface area contributed by atoms with Gasteiger partial charge >= 0.3 is 5.97 Å². The van der Waals surface area contributed by atoms with Gasteiger partial charge in [0.2, 0.25) is 0 Å². The molecule has 1 aliphatic rings. The van der Waals surface area contributed by atoms with Crippen LogP contribution in [0.1, 0.15) is 82.1 Å². The third-order valence-corrected chi connectivity index (χ3v) is 13.1. The average molecular weight is 547 g/mol. The Morgan fingerprint density at radius 2 is 1.46 bits per heavy atom. The van der Waals surface area contributed by atoms with Crippen LogP contribution in [0.3, 0.4) is 0 Å². The molecule has 1 fully saturated rings. The summed E-state index contributed by atoms with van der Waals surface area (Å²) in [5, 5.41) is 2.61. The van der Waals surface area contributed by atoms with Crippen molar-refractivity contribution in [2.24, 2.45) is 17.3 Å². The van der Waals surface area contributed by atoms with Crippen molar-refractivity contribution in [1.82, 2.24) is 0 Å². The normalized spacial score (nSPS) is 20.6. The lowest BCUT2D eigenvalue weighted by Gasteiger charge is -2.44. The standard InChI is InChI=1S/C35H50O3Si/c1-26(24-25-30-31(35(30,9)10)32(36)37-33(3,4)5)18-17-19-27(2)38-39(34(6,7)8,28-20-13-11-14-21-28)29-22-15-12-16-23-29/h11-16,18,20-25,27,30-31H,17,19H2,1-10H3/b25-24+,26-18+/t27?,30-,31+/m1/s1. The van der Waals surface area contributed by atoms with Gasteiger partial charge in [0.05, 0.1) is 5.92 Å². The van der Waals surface area contributed by atoms with Crippen molar-refractivity contribution in [2.45, 2.75) is 98.8 Å². The minimum Gasteiger partial charge on any atom is -0.460 e. The summed E-state index contributed by atoms with van der Waals surface area (Å²) in [5.41, 5.74) is 0.711. The molecule has 4 heteroatoms. The van der Waals surface area contributed by atoms with E-state index in [0.717, 1.165) is 12.8 Å². The van der Waals surface area contributed by atoms with Gasteiger partial charge in [0.15, 0.2) is 0 Å². The summed E-state index contributed by atoms with van der Waals surface area (Å²) >= 11 is 0. The van der Waals surface area contributed by atoms with Crippen LogP contribution in [-0.4, -0.2) is 26.0 Å². The Balaban J connectivity index is 1.69. The molecular weight excluding hydrogens is 496 g/mol. The molecule has 0 radical (unpaired) electrons. The zero-order chi connectivity index (χ0) is 29.1. The molecule has 2 aromatic rings. The molecule has 2 aromatic carbocycles. The molecule has 0 aliphatic heterocycles. The summed E-state index contributed by atoms with van der Waals surface area (Å²) in [6.45, 7) is 21.4. The molecule has 3 rings (SSSR count).